The molecule has 0 saturated carbocycles. The van der Waals surface area contributed by atoms with Crippen LogP contribution in [0.4, 0.5) is 4.79 Å². The van der Waals surface area contributed by atoms with Gasteiger partial charge in [-0.1, -0.05) is 0 Å². The molecule has 1 fully saturated rings. The van der Waals surface area contributed by atoms with E-state index in [2.05, 4.69) is 10.6 Å². The molecular weight excluding hydrogens is 452 g/mol. The van der Waals surface area contributed by atoms with Crippen LogP contribution in [0.3, 0.4) is 0 Å². The molecule has 0 aromatic heterocycles. The molecule has 1 aromatic rings. The van der Waals surface area contributed by atoms with E-state index in [-0.39, 0.29) is 30.7 Å². The molecule has 1 saturated heterocycles. The molecule has 0 spiro atoms. The third-order valence-corrected chi connectivity index (χ3v) is 6.19. The molecule has 2 aliphatic rings. The highest BCUT2D eigenvalue weighted by atomic mass is 16.6. The molecule has 35 heavy (non-hydrogen) atoms. The summed E-state index contributed by atoms with van der Waals surface area (Å²) in [6, 6.07) is 1.27. The molecule has 1 unspecified atom stereocenters. The van der Waals surface area contributed by atoms with Crippen LogP contribution < -0.4 is 15.4 Å². The van der Waals surface area contributed by atoms with Gasteiger partial charge in [-0.2, -0.15) is 0 Å². The fourth-order valence-corrected chi connectivity index (χ4v) is 4.43. The van der Waals surface area contributed by atoms with E-state index in [1.54, 1.807) is 9.80 Å². The van der Waals surface area contributed by atoms with E-state index >= 15 is 0 Å². The molecule has 192 valence electrons. The van der Waals surface area contributed by atoms with Crippen LogP contribution in [0.2, 0.25) is 0 Å². The maximum absolute atomic E-state index is 13.5. The Hall–Kier alpha value is -3.14. The van der Waals surface area contributed by atoms with Crippen LogP contribution in [0.25, 0.3) is 0 Å². The minimum absolute atomic E-state index is 0.146. The lowest BCUT2D eigenvalue weighted by Gasteiger charge is -2.25. The predicted octanol–water partition coefficient (Wildman–Crippen LogP) is 2.32. The second kappa shape index (κ2) is 10.6. The Kier molecular flexibility index (Phi) is 8.04. The van der Waals surface area contributed by atoms with Crippen molar-refractivity contribution in [1.82, 2.24) is 20.4 Å². The summed E-state index contributed by atoms with van der Waals surface area (Å²) in [5.41, 5.74) is 2.10. The fraction of sp³-hybridized carbons (Fsp3) is 0.600. The monoisotopic (exact) mass is 488 g/mol. The molecule has 0 radical (unpaired) electrons. The summed E-state index contributed by atoms with van der Waals surface area (Å²) >= 11 is 0. The zero-order valence-electron chi connectivity index (χ0n) is 21.4. The van der Waals surface area contributed by atoms with E-state index in [0.717, 1.165) is 11.1 Å². The molecule has 2 aliphatic heterocycles. The van der Waals surface area contributed by atoms with Crippen molar-refractivity contribution in [2.75, 3.05) is 20.2 Å². The molecular formula is C25H36N4O6. The van der Waals surface area contributed by atoms with Crippen LogP contribution >= 0.6 is 0 Å². The lowest BCUT2D eigenvalue weighted by Crippen LogP contribution is -2.50. The number of nitrogens with zero attached hydrogens (tertiary/aromatic N) is 2. The Balaban J connectivity index is 1.97. The van der Waals surface area contributed by atoms with Crippen LogP contribution in [0.5, 0.6) is 5.75 Å². The summed E-state index contributed by atoms with van der Waals surface area (Å²) < 4.78 is 11.3. The predicted molar refractivity (Wildman–Crippen MR) is 129 cm³/mol. The largest absolute Gasteiger partial charge is 0.496 e. The summed E-state index contributed by atoms with van der Waals surface area (Å²) in [5, 5.41) is 5.53. The van der Waals surface area contributed by atoms with Crippen molar-refractivity contribution in [1.29, 1.82) is 0 Å². The van der Waals surface area contributed by atoms with Gasteiger partial charge < -0.3 is 19.7 Å². The van der Waals surface area contributed by atoms with Gasteiger partial charge in [0.15, 0.2) is 0 Å². The molecule has 2 heterocycles. The number of carbonyl (C=O) groups is 4. The lowest BCUT2D eigenvalue weighted by molar-refractivity contribution is -0.134. The van der Waals surface area contributed by atoms with Crippen LogP contribution in [-0.2, 0) is 34.0 Å². The third kappa shape index (κ3) is 5.93. The van der Waals surface area contributed by atoms with Crippen molar-refractivity contribution >= 4 is 23.8 Å². The lowest BCUT2D eigenvalue weighted by atomic mass is 9.96. The Morgan fingerprint density at radius 3 is 2.46 bits per heavy atom. The topological polar surface area (TPSA) is 117 Å². The Morgan fingerprint density at radius 2 is 1.89 bits per heavy atom. The second-order valence-electron chi connectivity index (χ2n) is 9.77. The van der Waals surface area contributed by atoms with Crippen molar-refractivity contribution in [3.8, 4) is 5.75 Å². The van der Waals surface area contributed by atoms with Gasteiger partial charge in [0.1, 0.15) is 11.4 Å². The van der Waals surface area contributed by atoms with Gasteiger partial charge in [0.05, 0.1) is 19.7 Å². The first-order chi connectivity index (χ1) is 16.5. The first-order valence-corrected chi connectivity index (χ1v) is 12.0. The average molecular weight is 489 g/mol. The van der Waals surface area contributed by atoms with Gasteiger partial charge in [-0.05, 0) is 52.7 Å². The minimum Gasteiger partial charge on any atom is -0.496 e. The molecule has 4 amide bonds. The highest BCUT2D eigenvalue weighted by molar-refractivity contribution is 6.00. The summed E-state index contributed by atoms with van der Waals surface area (Å²) in [6.07, 6.45) is 0.195. The summed E-state index contributed by atoms with van der Waals surface area (Å²) in [7, 11) is 1.53. The molecule has 0 bridgehead atoms. The highest BCUT2D eigenvalue weighted by Crippen LogP contribution is 2.37. The SMILES string of the molecule is CCN(CC)C(=O)c1cc2c(c(OC)c1CNC1CCC(=O)NC1=O)CN(C(=O)OC(C)(C)C)C2. The molecule has 3 rings (SSSR count). The van der Waals surface area contributed by atoms with Crippen LogP contribution in [0.1, 0.15) is 74.5 Å². The van der Waals surface area contributed by atoms with E-state index in [1.807, 2.05) is 40.7 Å². The molecule has 2 N–H and O–H groups in total. The molecule has 0 aliphatic carbocycles. The molecule has 10 heteroatoms. The van der Waals surface area contributed by atoms with Crippen LogP contribution in [-0.4, -0.2) is 65.5 Å². The van der Waals surface area contributed by atoms with Gasteiger partial charge >= 0.3 is 6.09 Å². The number of nitrogens with one attached hydrogen (secondary N) is 2. The number of ether oxygens (including phenoxy) is 2. The van der Waals surface area contributed by atoms with Crippen molar-refractivity contribution in [3.63, 3.8) is 0 Å². The van der Waals surface area contributed by atoms with Crippen molar-refractivity contribution in [3.05, 3.63) is 28.3 Å². The number of amides is 4. The third-order valence-electron chi connectivity index (χ3n) is 6.19. The van der Waals surface area contributed by atoms with Gasteiger partial charge in [-0.15, -0.1) is 0 Å². The fourth-order valence-electron chi connectivity index (χ4n) is 4.43. The number of methoxy groups -OCH3 is 1. The van der Waals surface area contributed by atoms with Gasteiger partial charge in [0, 0.05) is 49.3 Å². The van der Waals surface area contributed by atoms with Crippen molar-refractivity contribution < 1.29 is 28.7 Å². The van der Waals surface area contributed by atoms with Crippen molar-refractivity contribution in [2.45, 2.75) is 78.7 Å². The minimum atomic E-state index is -0.628. The zero-order valence-corrected chi connectivity index (χ0v) is 21.4. The van der Waals surface area contributed by atoms with E-state index in [0.29, 0.717) is 49.5 Å². The quantitative estimate of drug-likeness (QED) is 0.566. The maximum Gasteiger partial charge on any atom is 0.410 e. The number of hydrogen-bond donors (Lipinski definition) is 2. The zero-order chi connectivity index (χ0) is 25.9. The van der Waals surface area contributed by atoms with Gasteiger partial charge in [0.2, 0.25) is 11.8 Å². The van der Waals surface area contributed by atoms with E-state index < -0.39 is 17.7 Å². The summed E-state index contributed by atoms with van der Waals surface area (Å²) in [6.45, 7) is 11.1. The average Bonchev–Trinajstić information content (AvgIpc) is 3.21. The Morgan fingerprint density at radius 1 is 1.20 bits per heavy atom. The number of imide groups is 1. The number of hydrogen-bond acceptors (Lipinski definition) is 7. The number of benzene rings is 1. The first kappa shape index (κ1) is 26.5. The Bertz CT molecular complexity index is 1010. The van der Waals surface area contributed by atoms with Crippen LogP contribution in [0.15, 0.2) is 6.07 Å². The number of rotatable bonds is 7. The number of carbonyl (C=O) groups excluding carboxylic acids is 4. The van der Waals surface area contributed by atoms with Crippen LogP contribution in [0, 0.1) is 0 Å². The summed E-state index contributed by atoms with van der Waals surface area (Å²) in [5.74, 6) is -0.298. The van der Waals surface area contributed by atoms with Gasteiger partial charge in [-0.25, -0.2) is 4.79 Å². The molecule has 10 nitrogen and oxygen atoms in total. The highest BCUT2D eigenvalue weighted by Gasteiger charge is 2.34. The normalized spacial score (nSPS) is 17.7. The van der Waals surface area contributed by atoms with E-state index in [4.69, 9.17) is 9.47 Å². The maximum atomic E-state index is 13.5. The standard InChI is InChI=1S/C25H36N4O6/c1-7-28(8-2)23(32)16-11-15-13-29(24(33)35-25(3,4)5)14-18(15)21(34-6)17(16)12-26-19-9-10-20(30)27-22(19)31/h11,19,26H,7-10,12-14H2,1-6H3,(H,27,30,31). The smallest absolute Gasteiger partial charge is 0.410 e. The van der Waals surface area contributed by atoms with Crippen molar-refractivity contribution in [2.24, 2.45) is 0 Å². The molecule has 1 atom stereocenters. The first-order valence-electron chi connectivity index (χ1n) is 12.0. The number of fused-ring (bicyclic) bond motifs is 1. The summed E-state index contributed by atoms with van der Waals surface area (Å²) in [4.78, 5) is 53.3. The number of piperidine rings is 1. The van der Waals surface area contributed by atoms with E-state index in [1.165, 1.54) is 7.11 Å². The Labute approximate surface area is 206 Å². The molecule has 1 aromatic carbocycles. The second-order valence-corrected chi connectivity index (χ2v) is 9.77. The van der Waals surface area contributed by atoms with Gasteiger partial charge in [0.25, 0.3) is 5.91 Å². The van der Waals surface area contributed by atoms with Gasteiger partial charge in [-0.3, -0.25) is 24.6 Å². The van der Waals surface area contributed by atoms with E-state index in [9.17, 15) is 19.2 Å².